The molecule has 1 heterocycles. The van der Waals surface area contributed by atoms with E-state index in [0.717, 1.165) is 48.3 Å². The summed E-state index contributed by atoms with van der Waals surface area (Å²) in [6, 6.07) is 7.68. The Balaban J connectivity index is 1.82. The predicted molar refractivity (Wildman–Crippen MR) is 128 cm³/mol. The topological polar surface area (TPSA) is 81.5 Å². The van der Waals surface area contributed by atoms with Gasteiger partial charge < -0.3 is 19.4 Å². The van der Waals surface area contributed by atoms with Crippen LogP contribution < -0.4 is 14.8 Å². The van der Waals surface area contributed by atoms with Crippen molar-refractivity contribution in [1.29, 1.82) is 0 Å². The highest BCUT2D eigenvalue weighted by Crippen LogP contribution is 2.25. The zero-order valence-corrected chi connectivity index (χ0v) is 20.8. The molecule has 178 valence electrons. The molecule has 1 amide bonds. The molecule has 0 aliphatic heterocycles. The molecule has 1 unspecified atom stereocenters. The largest absolute Gasteiger partial charge is 0.494 e. The number of amides is 1. The first kappa shape index (κ1) is 26.0. The van der Waals surface area contributed by atoms with Crippen molar-refractivity contribution in [3.05, 3.63) is 30.1 Å². The number of hydrogen-bond donors (Lipinski definition) is 1. The third-order valence-electron chi connectivity index (χ3n) is 4.95. The fraction of sp³-hybridized carbons (Fsp3) is 0.609. The Kier molecular flexibility index (Phi) is 11.4. The molecule has 0 spiro atoms. The maximum Gasteiger partial charge on any atom is 0.230 e. The summed E-state index contributed by atoms with van der Waals surface area (Å²) in [5.74, 6) is 2.79. The maximum absolute atomic E-state index is 12.3. The number of rotatable bonds is 15. The van der Waals surface area contributed by atoms with E-state index in [2.05, 4.69) is 52.9 Å². The van der Waals surface area contributed by atoms with Gasteiger partial charge in [0.05, 0.1) is 24.9 Å². The summed E-state index contributed by atoms with van der Waals surface area (Å²) in [5.41, 5.74) is 0. The first-order valence-corrected chi connectivity index (χ1v) is 12.3. The summed E-state index contributed by atoms with van der Waals surface area (Å²) in [6.07, 6.45) is 3.10. The lowest BCUT2D eigenvalue weighted by molar-refractivity contribution is -0.118. The van der Waals surface area contributed by atoms with Gasteiger partial charge in [-0.05, 0) is 58.1 Å². The van der Waals surface area contributed by atoms with E-state index >= 15 is 0 Å². The molecule has 9 heteroatoms. The van der Waals surface area contributed by atoms with E-state index in [1.54, 1.807) is 0 Å². The van der Waals surface area contributed by atoms with Crippen molar-refractivity contribution in [3.63, 3.8) is 0 Å². The predicted octanol–water partition coefficient (Wildman–Crippen LogP) is 3.78. The number of aromatic nitrogens is 3. The minimum atomic E-state index is -0.0449. The van der Waals surface area contributed by atoms with Crippen molar-refractivity contribution >= 4 is 17.7 Å². The zero-order chi connectivity index (χ0) is 23.3. The van der Waals surface area contributed by atoms with Gasteiger partial charge in [0.15, 0.2) is 11.0 Å². The van der Waals surface area contributed by atoms with Gasteiger partial charge in [-0.25, -0.2) is 0 Å². The summed E-state index contributed by atoms with van der Waals surface area (Å²) in [4.78, 5) is 14.5. The van der Waals surface area contributed by atoms with Crippen LogP contribution in [0.2, 0.25) is 0 Å². The van der Waals surface area contributed by atoms with Gasteiger partial charge in [0, 0.05) is 6.54 Å². The molecule has 1 N–H and O–H groups in total. The van der Waals surface area contributed by atoms with Crippen LogP contribution in [0, 0.1) is 0 Å². The van der Waals surface area contributed by atoms with Crippen molar-refractivity contribution in [2.24, 2.45) is 0 Å². The first-order chi connectivity index (χ1) is 15.5. The molecule has 1 aromatic heterocycles. The van der Waals surface area contributed by atoms with E-state index in [-0.39, 0.29) is 11.9 Å². The minimum Gasteiger partial charge on any atom is -0.494 e. The van der Waals surface area contributed by atoms with E-state index < -0.39 is 0 Å². The van der Waals surface area contributed by atoms with Gasteiger partial charge in [-0.15, -0.1) is 10.2 Å². The maximum atomic E-state index is 12.3. The SMILES string of the molecule is CCCCn1c(SCC(=O)NCCOc2ccc(OCC)cc2)nnc1C(CC)N(C)C. The van der Waals surface area contributed by atoms with Crippen molar-refractivity contribution in [2.45, 2.75) is 57.8 Å². The molecule has 2 rings (SSSR count). The smallest absolute Gasteiger partial charge is 0.230 e. The van der Waals surface area contributed by atoms with Gasteiger partial charge in [0.25, 0.3) is 0 Å². The van der Waals surface area contributed by atoms with Crippen LogP contribution in [0.5, 0.6) is 11.5 Å². The molecule has 32 heavy (non-hydrogen) atoms. The van der Waals surface area contributed by atoms with Crippen LogP contribution in [0.25, 0.3) is 0 Å². The lowest BCUT2D eigenvalue weighted by Gasteiger charge is -2.23. The molecule has 1 aromatic carbocycles. The highest BCUT2D eigenvalue weighted by Gasteiger charge is 2.22. The highest BCUT2D eigenvalue weighted by molar-refractivity contribution is 7.99. The highest BCUT2D eigenvalue weighted by atomic mass is 32.2. The van der Waals surface area contributed by atoms with Crippen LogP contribution in [0.3, 0.4) is 0 Å². The molecule has 0 saturated carbocycles. The third kappa shape index (κ3) is 8.02. The van der Waals surface area contributed by atoms with Gasteiger partial charge in [-0.2, -0.15) is 0 Å². The zero-order valence-electron chi connectivity index (χ0n) is 20.0. The minimum absolute atomic E-state index is 0.0449. The number of benzene rings is 1. The number of nitrogens with zero attached hydrogens (tertiary/aromatic N) is 4. The van der Waals surface area contributed by atoms with Crippen molar-refractivity contribution < 1.29 is 14.3 Å². The Bertz CT molecular complexity index is 810. The number of thioether (sulfide) groups is 1. The summed E-state index contributed by atoms with van der Waals surface area (Å²) in [6.45, 7) is 8.62. The molecule has 0 radical (unpaired) electrons. The molecular formula is C23H37N5O3S. The molecule has 8 nitrogen and oxygen atoms in total. The Morgan fingerprint density at radius 3 is 2.41 bits per heavy atom. The Morgan fingerprint density at radius 2 is 1.81 bits per heavy atom. The number of ether oxygens (including phenoxy) is 2. The quantitative estimate of drug-likeness (QED) is 0.318. The van der Waals surface area contributed by atoms with Crippen LogP contribution in [0.15, 0.2) is 29.4 Å². The molecule has 0 aliphatic carbocycles. The van der Waals surface area contributed by atoms with E-state index in [1.165, 1.54) is 11.8 Å². The Labute approximate surface area is 196 Å². The number of carbonyl (C=O) groups is 1. The van der Waals surface area contributed by atoms with Gasteiger partial charge in [0.1, 0.15) is 18.1 Å². The second kappa shape index (κ2) is 14.0. The number of hydrogen-bond acceptors (Lipinski definition) is 7. The Hall–Kier alpha value is -2.26. The van der Waals surface area contributed by atoms with Crippen molar-refractivity contribution in [3.8, 4) is 11.5 Å². The number of nitrogens with one attached hydrogen (secondary N) is 1. The fourth-order valence-corrected chi connectivity index (χ4v) is 4.10. The third-order valence-corrected chi connectivity index (χ3v) is 5.92. The van der Waals surface area contributed by atoms with Crippen molar-refractivity contribution in [2.75, 3.05) is 39.6 Å². The fourth-order valence-electron chi connectivity index (χ4n) is 3.30. The lowest BCUT2D eigenvalue weighted by Crippen LogP contribution is -2.29. The summed E-state index contributed by atoms with van der Waals surface area (Å²) in [7, 11) is 4.12. The normalized spacial score (nSPS) is 12.1. The average molecular weight is 464 g/mol. The molecule has 0 saturated heterocycles. The summed E-state index contributed by atoms with van der Waals surface area (Å²) < 4.78 is 13.3. The van der Waals surface area contributed by atoms with E-state index in [4.69, 9.17) is 9.47 Å². The summed E-state index contributed by atoms with van der Waals surface area (Å²) in [5, 5.41) is 12.5. The average Bonchev–Trinajstić information content (AvgIpc) is 3.17. The van der Waals surface area contributed by atoms with Crippen molar-refractivity contribution in [1.82, 2.24) is 25.0 Å². The molecule has 2 aromatic rings. The van der Waals surface area contributed by atoms with E-state index in [9.17, 15) is 4.79 Å². The summed E-state index contributed by atoms with van der Waals surface area (Å²) >= 11 is 1.43. The number of unbranched alkanes of at least 4 members (excludes halogenated alkanes) is 1. The van der Waals surface area contributed by atoms with Crippen LogP contribution in [0.1, 0.15) is 51.9 Å². The lowest BCUT2D eigenvalue weighted by atomic mass is 10.2. The van der Waals surface area contributed by atoms with Gasteiger partial charge in [-0.3, -0.25) is 9.69 Å². The van der Waals surface area contributed by atoms with Crippen LogP contribution in [0.4, 0.5) is 0 Å². The molecule has 0 bridgehead atoms. The molecular weight excluding hydrogens is 426 g/mol. The second-order valence-electron chi connectivity index (χ2n) is 7.63. The second-order valence-corrected chi connectivity index (χ2v) is 8.57. The monoisotopic (exact) mass is 463 g/mol. The first-order valence-electron chi connectivity index (χ1n) is 11.3. The Morgan fingerprint density at radius 1 is 1.12 bits per heavy atom. The standard InChI is InChI=1S/C23H37N5O3S/c1-6-9-15-28-22(20(7-2)27(4)5)25-26-23(28)32-17-21(29)24-14-16-31-19-12-10-18(11-13-19)30-8-3/h10-13,20H,6-9,14-17H2,1-5H3,(H,24,29). The molecule has 1 atom stereocenters. The van der Waals surface area contributed by atoms with Crippen LogP contribution >= 0.6 is 11.8 Å². The van der Waals surface area contributed by atoms with Gasteiger partial charge in [0.2, 0.25) is 5.91 Å². The van der Waals surface area contributed by atoms with Gasteiger partial charge >= 0.3 is 0 Å². The molecule has 0 fully saturated rings. The molecule has 0 aliphatic rings. The van der Waals surface area contributed by atoms with Crippen LogP contribution in [-0.4, -0.2) is 65.2 Å². The van der Waals surface area contributed by atoms with Gasteiger partial charge in [-0.1, -0.05) is 32.0 Å². The van der Waals surface area contributed by atoms with E-state index in [1.807, 2.05) is 31.2 Å². The van der Waals surface area contributed by atoms with Crippen LogP contribution in [-0.2, 0) is 11.3 Å². The van der Waals surface area contributed by atoms with E-state index in [0.29, 0.717) is 25.5 Å². The number of carbonyl (C=O) groups excluding carboxylic acids is 1.